The highest BCUT2D eigenvalue weighted by Gasteiger charge is 2.34. The van der Waals surface area contributed by atoms with Gasteiger partial charge in [0.05, 0.1) is 32.6 Å². The summed E-state index contributed by atoms with van der Waals surface area (Å²) in [4.78, 5) is 11.1. The number of fused-ring (bicyclic) bond motifs is 1. The lowest BCUT2D eigenvalue weighted by Crippen LogP contribution is -2.37. The van der Waals surface area contributed by atoms with E-state index in [0.29, 0.717) is 24.2 Å². The molecule has 4 rings (SSSR count). The zero-order valence-corrected chi connectivity index (χ0v) is 16.3. The lowest BCUT2D eigenvalue weighted by molar-refractivity contribution is 0.122. The highest BCUT2D eigenvalue weighted by molar-refractivity contribution is 7.89. The van der Waals surface area contributed by atoms with Gasteiger partial charge in [-0.1, -0.05) is 11.6 Å². The van der Waals surface area contributed by atoms with Crippen LogP contribution in [0.5, 0.6) is 5.75 Å². The van der Waals surface area contributed by atoms with E-state index in [2.05, 4.69) is 9.97 Å². The predicted octanol–water partition coefficient (Wildman–Crippen LogP) is 1.68. The molecule has 1 aromatic carbocycles. The maximum atomic E-state index is 13.1. The maximum absolute atomic E-state index is 13.1. The quantitative estimate of drug-likeness (QED) is 0.758. The van der Waals surface area contributed by atoms with E-state index in [-0.39, 0.29) is 23.7 Å². The van der Waals surface area contributed by atoms with Crippen LogP contribution in [-0.4, -0.2) is 56.1 Å². The van der Waals surface area contributed by atoms with Crippen LogP contribution in [0.15, 0.2) is 29.3 Å². The van der Waals surface area contributed by atoms with Gasteiger partial charge in [-0.15, -0.1) is 0 Å². The molecule has 0 aliphatic carbocycles. The SMILES string of the molecule is COc1ccc(Cl)cc1S(=O)(=O)N1Cc2cnc(N3CCOCC3)nc2C1. The Morgan fingerprint density at radius 1 is 1.22 bits per heavy atom. The largest absolute Gasteiger partial charge is 0.495 e. The first-order valence-corrected chi connectivity index (χ1v) is 10.3. The second-order valence-corrected chi connectivity index (χ2v) is 8.65. The molecule has 0 atom stereocenters. The molecule has 0 unspecified atom stereocenters. The molecule has 3 heterocycles. The number of morpholine rings is 1. The lowest BCUT2D eigenvalue weighted by Gasteiger charge is -2.26. The molecule has 0 spiro atoms. The van der Waals surface area contributed by atoms with Crippen LogP contribution >= 0.6 is 11.6 Å². The van der Waals surface area contributed by atoms with Gasteiger partial charge < -0.3 is 14.4 Å². The van der Waals surface area contributed by atoms with E-state index in [1.807, 2.05) is 4.90 Å². The number of rotatable bonds is 4. The molecule has 0 N–H and O–H groups in total. The minimum absolute atomic E-state index is 0.0478. The first kappa shape index (κ1) is 18.4. The standard InChI is InChI=1S/C17H19ClN4O4S/c1-25-15-3-2-13(18)8-16(15)27(23,24)22-10-12-9-19-17(20-14(12)11-22)21-4-6-26-7-5-21/h2-3,8-9H,4-7,10-11H2,1H3. The summed E-state index contributed by atoms with van der Waals surface area (Å²) < 4.78 is 38.2. The Kier molecular flexibility index (Phi) is 4.94. The van der Waals surface area contributed by atoms with Crippen molar-refractivity contribution in [2.75, 3.05) is 38.3 Å². The van der Waals surface area contributed by atoms with E-state index in [1.54, 1.807) is 18.3 Å². The van der Waals surface area contributed by atoms with Crippen molar-refractivity contribution in [3.63, 3.8) is 0 Å². The van der Waals surface area contributed by atoms with Crippen molar-refractivity contribution in [1.29, 1.82) is 0 Å². The second-order valence-electron chi connectivity index (χ2n) is 6.31. The van der Waals surface area contributed by atoms with Crippen molar-refractivity contribution < 1.29 is 17.9 Å². The molecular weight excluding hydrogens is 392 g/mol. The van der Waals surface area contributed by atoms with Gasteiger partial charge in [0.15, 0.2) is 0 Å². The summed E-state index contributed by atoms with van der Waals surface area (Å²) in [5.74, 6) is 0.868. The molecule has 1 saturated heterocycles. The van der Waals surface area contributed by atoms with Gasteiger partial charge >= 0.3 is 0 Å². The smallest absolute Gasteiger partial charge is 0.247 e. The molecular formula is C17H19ClN4O4S. The molecule has 0 amide bonds. The van der Waals surface area contributed by atoms with Crippen LogP contribution in [-0.2, 0) is 27.8 Å². The molecule has 10 heteroatoms. The number of hydrogen-bond acceptors (Lipinski definition) is 7. The zero-order valence-electron chi connectivity index (χ0n) is 14.8. The molecule has 0 radical (unpaired) electrons. The summed E-state index contributed by atoms with van der Waals surface area (Å²) in [5, 5.41) is 0.334. The second kappa shape index (κ2) is 7.23. The first-order valence-electron chi connectivity index (χ1n) is 8.50. The van der Waals surface area contributed by atoms with Crippen LogP contribution in [0.3, 0.4) is 0 Å². The highest BCUT2D eigenvalue weighted by Crippen LogP contribution is 2.34. The fourth-order valence-corrected chi connectivity index (χ4v) is 4.99. The molecule has 0 saturated carbocycles. The van der Waals surface area contributed by atoms with Gasteiger partial charge in [-0.2, -0.15) is 4.31 Å². The van der Waals surface area contributed by atoms with Gasteiger partial charge in [-0.25, -0.2) is 18.4 Å². The fourth-order valence-electron chi connectivity index (χ4n) is 3.19. The Morgan fingerprint density at radius 3 is 2.74 bits per heavy atom. The van der Waals surface area contributed by atoms with Crippen molar-refractivity contribution in [3.05, 3.63) is 40.7 Å². The lowest BCUT2D eigenvalue weighted by atomic mass is 10.3. The molecule has 2 aliphatic rings. The van der Waals surface area contributed by atoms with Gasteiger partial charge in [0.2, 0.25) is 16.0 Å². The van der Waals surface area contributed by atoms with Crippen LogP contribution < -0.4 is 9.64 Å². The highest BCUT2D eigenvalue weighted by atomic mass is 35.5. The summed E-state index contributed by atoms with van der Waals surface area (Å²) >= 11 is 6.01. The predicted molar refractivity (Wildman–Crippen MR) is 99.5 cm³/mol. The van der Waals surface area contributed by atoms with Gasteiger partial charge in [-0.3, -0.25) is 0 Å². The van der Waals surface area contributed by atoms with Gasteiger partial charge in [0, 0.05) is 36.4 Å². The van der Waals surface area contributed by atoms with Crippen LogP contribution in [0.4, 0.5) is 5.95 Å². The third-order valence-electron chi connectivity index (χ3n) is 4.65. The van der Waals surface area contributed by atoms with Crippen LogP contribution in [0, 0.1) is 0 Å². The van der Waals surface area contributed by atoms with Crippen molar-refractivity contribution >= 4 is 27.6 Å². The average Bonchev–Trinajstić information content (AvgIpc) is 3.13. The Balaban J connectivity index is 1.61. The van der Waals surface area contributed by atoms with Crippen LogP contribution in [0.25, 0.3) is 0 Å². The number of nitrogens with zero attached hydrogens (tertiary/aromatic N) is 4. The number of aromatic nitrogens is 2. The average molecular weight is 411 g/mol. The summed E-state index contributed by atoms with van der Waals surface area (Å²) in [7, 11) is -2.36. The summed E-state index contributed by atoms with van der Waals surface area (Å²) in [5.41, 5.74) is 1.52. The van der Waals surface area contributed by atoms with Gasteiger partial charge in [-0.05, 0) is 18.2 Å². The van der Waals surface area contributed by atoms with E-state index in [1.165, 1.54) is 17.5 Å². The molecule has 2 aromatic rings. The first-order chi connectivity index (χ1) is 13.0. The maximum Gasteiger partial charge on any atom is 0.247 e. The van der Waals surface area contributed by atoms with Crippen molar-refractivity contribution in [2.45, 2.75) is 18.0 Å². The molecule has 1 fully saturated rings. The van der Waals surface area contributed by atoms with Crippen molar-refractivity contribution in [3.8, 4) is 5.75 Å². The van der Waals surface area contributed by atoms with Crippen molar-refractivity contribution in [2.24, 2.45) is 0 Å². The monoisotopic (exact) mass is 410 g/mol. The molecule has 0 bridgehead atoms. The number of halogens is 1. The molecule has 8 nitrogen and oxygen atoms in total. The molecule has 1 aromatic heterocycles. The number of anilines is 1. The van der Waals surface area contributed by atoms with E-state index < -0.39 is 10.0 Å². The number of ether oxygens (including phenoxy) is 2. The Bertz CT molecular complexity index is 963. The minimum Gasteiger partial charge on any atom is -0.495 e. The minimum atomic E-state index is -3.79. The Labute approximate surface area is 162 Å². The normalized spacial score (nSPS) is 17.8. The van der Waals surface area contributed by atoms with Gasteiger partial charge in [0.25, 0.3) is 0 Å². The number of sulfonamides is 1. The van der Waals surface area contributed by atoms with Crippen LogP contribution in [0.1, 0.15) is 11.3 Å². The van der Waals surface area contributed by atoms with Gasteiger partial charge in [0.1, 0.15) is 10.6 Å². The van der Waals surface area contributed by atoms with E-state index >= 15 is 0 Å². The number of methoxy groups -OCH3 is 1. The fraction of sp³-hybridized carbons (Fsp3) is 0.412. The summed E-state index contributed by atoms with van der Waals surface area (Å²) in [6.45, 7) is 3.12. The summed E-state index contributed by atoms with van der Waals surface area (Å²) in [6.07, 6.45) is 1.71. The third kappa shape index (κ3) is 3.47. The molecule has 27 heavy (non-hydrogen) atoms. The van der Waals surface area contributed by atoms with E-state index in [4.69, 9.17) is 21.1 Å². The van der Waals surface area contributed by atoms with Crippen LogP contribution in [0.2, 0.25) is 5.02 Å². The zero-order chi connectivity index (χ0) is 19.0. The number of hydrogen-bond donors (Lipinski definition) is 0. The van der Waals surface area contributed by atoms with Crippen molar-refractivity contribution in [1.82, 2.24) is 14.3 Å². The molecule has 2 aliphatic heterocycles. The third-order valence-corrected chi connectivity index (χ3v) is 6.70. The molecule has 144 valence electrons. The topological polar surface area (TPSA) is 84.9 Å². The Hall–Kier alpha value is -1.94. The van der Waals surface area contributed by atoms with E-state index in [0.717, 1.165) is 24.3 Å². The Morgan fingerprint density at radius 2 is 2.00 bits per heavy atom. The summed E-state index contributed by atoms with van der Waals surface area (Å²) in [6, 6.07) is 4.55. The number of benzene rings is 1. The van der Waals surface area contributed by atoms with E-state index in [9.17, 15) is 8.42 Å².